The van der Waals surface area contributed by atoms with Gasteiger partial charge in [-0.3, -0.25) is 9.79 Å². The van der Waals surface area contributed by atoms with Crippen LogP contribution in [-0.2, 0) is 20.7 Å². The Morgan fingerprint density at radius 3 is 2.52 bits per heavy atom. The van der Waals surface area contributed by atoms with Crippen molar-refractivity contribution in [3.63, 3.8) is 0 Å². The van der Waals surface area contributed by atoms with Crippen LogP contribution in [-0.4, -0.2) is 43.1 Å². The van der Waals surface area contributed by atoms with Crippen LogP contribution in [0.5, 0.6) is 0 Å². The van der Waals surface area contributed by atoms with Crippen LogP contribution >= 0.6 is 0 Å². The highest BCUT2D eigenvalue weighted by Crippen LogP contribution is 2.32. The quantitative estimate of drug-likeness (QED) is 0.156. The van der Waals surface area contributed by atoms with Gasteiger partial charge in [-0.15, -0.1) is 0 Å². The molecule has 1 atom stereocenters. The number of fused-ring (bicyclic) bond motifs is 4. The molecule has 204 valence electrons. The zero-order valence-electron chi connectivity index (χ0n) is 22.9. The largest absolute Gasteiger partial charge is 0.467 e. The Morgan fingerprint density at radius 1 is 1.02 bits per heavy atom. The number of hydrogen-bond donors (Lipinski definition) is 2. The number of anilines is 1. The van der Waals surface area contributed by atoms with Crippen LogP contribution in [0.3, 0.4) is 0 Å². The number of aromatic nitrogens is 1. The number of rotatable bonds is 9. The van der Waals surface area contributed by atoms with E-state index in [4.69, 9.17) is 19.1 Å². The van der Waals surface area contributed by atoms with Crippen LogP contribution in [0.4, 0.5) is 5.69 Å². The number of nitrogens with one attached hydrogen (secondary N) is 2. The topological polar surface area (TPSA) is 106 Å². The lowest BCUT2D eigenvalue weighted by Crippen LogP contribution is -2.43. The smallest absolute Gasteiger partial charge is 0.328 e. The van der Waals surface area contributed by atoms with E-state index in [1.165, 1.54) is 7.11 Å². The van der Waals surface area contributed by atoms with Crippen molar-refractivity contribution in [2.45, 2.75) is 32.7 Å². The molecule has 3 aromatic carbocycles. The zero-order valence-corrected chi connectivity index (χ0v) is 22.9. The molecule has 2 N–H and O–H groups in total. The first-order valence-electron chi connectivity index (χ1n) is 13.4. The van der Waals surface area contributed by atoms with Crippen LogP contribution in [0.15, 0.2) is 82.2 Å². The summed E-state index contributed by atoms with van der Waals surface area (Å²) < 4.78 is 11.2. The molecule has 40 heavy (non-hydrogen) atoms. The number of esters is 1. The summed E-state index contributed by atoms with van der Waals surface area (Å²) in [5, 5.41) is 8.73. The number of carbonyl (C=O) groups excluding carboxylic acids is 2. The van der Waals surface area contributed by atoms with Crippen molar-refractivity contribution in [3.05, 3.63) is 89.3 Å². The third-order valence-electron chi connectivity index (χ3n) is 6.81. The maximum Gasteiger partial charge on any atom is 0.328 e. The normalized spacial score (nSPS) is 12.5. The Hall–Kier alpha value is -4.72. The molecular formula is C32H32N4O4. The van der Waals surface area contributed by atoms with Gasteiger partial charge in [-0.1, -0.05) is 54.6 Å². The molecule has 0 bridgehead atoms. The van der Waals surface area contributed by atoms with E-state index in [0.29, 0.717) is 23.1 Å². The van der Waals surface area contributed by atoms with Crippen molar-refractivity contribution in [3.8, 4) is 11.5 Å². The minimum Gasteiger partial charge on any atom is -0.467 e. The summed E-state index contributed by atoms with van der Waals surface area (Å²) in [7, 11) is 1.32. The number of aryl methyl sites for hydroxylation is 1. The molecule has 0 saturated carbocycles. The van der Waals surface area contributed by atoms with Crippen LogP contribution < -0.4 is 16.0 Å². The highest BCUT2D eigenvalue weighted by atomic mass is 16.5. The average Bonchev–Trinajstić information content (AvgIpc) is 2.97. The van der Waals surface area contributed by atoms with Crippen LogP contribution in [0, 0.1) is 6.92 Å². The van der Waals surface area contributed by atoms with Crippen LogP contribution in [0.2, 0.25) is 0 Å². The standard InChI is InChI=1S/C32H32N4O4/c1-4-33-24-18-28-26(16-20(24)2)36-31-23-13-9-8-12-22(23)25(19-29(31)40-28)34-15-14-30(37)35-27(32(38)39-3)17-21-10-6-5-7-11-21/h5-13,16,18-19,27,33H,4,14-15,17H2,1-3H3,(H,35,37)/t27-/m0/s1. The van der Waals surface area contributed by atoms with Gasteiger partial charge in [-0.25, -0.2) is 9.78 Å². The number of carbonyl (C=O) groups is 2. The predicted octanol–water partition coefficient (Wildman–Crippen LogP) is 5.02. The lowest BCUT2D eigenvalue weighted by Gasteiger charge is -2.16. The first-order valence-corrected chi connectivity index (χ1v) is 13.4. The molecule has 0 aromatic heterocycles. The summed E-state index contributed by atoms with van der Waals surface area (Å²) in [5.74, 6) is -0.137. The Kier molecular flexibility index (Phi) is 8.05. The van der Waals surface area contributed by atoms with Gasteiger partial charge >= 0.3 is 5.97 Å². The maximum atomic E-state index is 12.8. The fraction of sp³-hybridized carbons (Fsp3) is 0.250. The van der Waals surface area contributed by atoms with E-state index in [0.717, 1.165) is 45.3 Å². The first kappa shape index (κ1) is 26.9. The fourth-order valence-electron chi connectivity index (χ4n) is 4.83. The molecule has 1 aliphatic heterocycles. The molecule has 5 rings (SSSR count). The Bertz CT molecular complexity index is 1710. The highest BCUT2D eigenvalue weighted by molar-refractivity contribution is 5.96. The minimum absolute atomic E-state index is 0.118. The molecular weight excluding hydrogens is 504 g/mol. The molecule has 0 radical (unpaired) electrons. The summed E-state index contributed by atoms with van der Waals surface area (Å²) in [4.78, 5) is 34.8. The highest BCUT2D eigenvalue weighted by Gasteiger charge is 2.22. The number of amides is 1. The number of methoxy groups -OCH3 is 1. The SMILES string of the molecule is CCNc1cc2oc3cc(=NCCC(=O)N[C@@H](Cc4ccccc4)C(=O)OC)c4ccccc4c-3nc2cc1C. The predicted molar refractivity (Wildman–Crippen MR) is 156 cm³/mol. The molecule has 8 heteroatoms. The van der Waals surface area contributed by atoms with Gasteiger partial charge in [0.25, 0.3) is 0 Å². The molecule has 1 amide bonds. The van der Waals surface area contributed by atoms with E-state index in [1.807, 2.05) is 72.8 Å². The van der Waals surface area contributed by atoms with Gasteiger partial charge in [-0.2, -0.15) is 0 Å². The van der Waals surface area contributed by atoms with E-state index in [1.54, 1.807) is 0 Å². The van der Waals surface area contributed by atoms with Gasteiger partial charge in [0.2, 0.25) is 5.91 Å². The molecule has 3 aromatic rings. The second kappa shape index (κ2) is 12.0. The summed E-state index contributed by atoms with van der Waals surface area (Å²) in [5.41, 5.74) is 5.27. The van der Waals surface area contributed by atoms with Crippen molar-refractivity contribution >= 4 is 39.4 Å². The molecule has 0 spiro atoms. The van der Waals surface area contributed by atoms with Crippen molar-refractivity contribution < 1.29 is 18.7 Å². The van der Waals surface area contributed by atoms with Gasteiger partial charge in [0.05, 0.1) is 12.5 Å². The second-order valence-corrected chi connectivity index (χ2v) is 9.63. The van der Waals surface area contributed by atoms with Gasteiger partial charge in [0.15, 0.2) is 11.3 Å². The number of ether oxygens (including phenoxy) is 1. The molecule has 2 aliphatic rings. The van der Waals surface area contributed by atoms with Gasteiger partial charge < -0.3 is 19.8 Å². The van der Waals surface area contributed by atoms with Crippen LogP contribution in [0.25, 0.3) is 33.3 Å². The Labute approximate surface area is 232 Å². The van der Waals surface area contributed by atoms with Crippen molar-refractivity contribution in [2.75, 3.05) is 25.5 Å². The molecule has 1 aliphatic carbocycles. The van der Waals surface area contributed by atoms with Crippen molar-refractivity contribution in [1.82, 2.24) is 10.3 Å². The summed E-state index contributed by atoms with van der Waals surface area (Å²) >= 11 is 0. The molecule has 0 unspecified atom stereocenters. The molecule has 8 nitrogen and oxygen atoms in total. The van der Waals surface area contributed by atoms with E-state index in [9.17, 15) is 9.59 Å². The molecule has 0 saturated heterocycles. The molecule has 1 heterocycles. The molecule has 0 fully saturated rings. The Balaban J connectivity index is 1.42. The Morgan fingerprint density at radius 2 is 1.77 bits per heavy atom. The lowest BCUT2D eigenvalue weighted by molar-refractivity contribution is -0.145. The van der Waals surface area contributed by atoms with Gasteiger partial charge in [0, 0.05) is 54.5 Å². The fourth-order valence-corrected chi connectivity index (χ4v) is 4.83. The summed E-state index contributed by atoms with van der Waals surface area (Å²) in [6.45, 7) is 5.15. The monoisotopic (exact) mass is 536 g/mol. The second-order valence-electron chi connectivity index (χ2n) is 9.63. The van der Waals surface area contributed by atoms with E-state index in [2.05, 4.69) is 24.5 Å². The number of benzene rings is 4. The van der Waals surface area contributed by atoms with E-state index < -0.39 is 12.0 Å². The van der Waals surface area contributed by atoms with E-state index >= 15 is 0 Å². The van der Waals surface area contributed by atoms with Gasteiger partial charge in [-0.05, 0) is 31.0 Å². The third kappa shape index (κ3) is 5.81. The summed E-state index contributed by atoms with van der Waals surface area (Å²) in [6.07, 6.45) is 0.469. The van der Waals surface area contributed by atoms with Gasteiger partial charge in [0.1, 0.15) is 17.3 Å². The maximum absolute atomic E-state index is 12.8. The van der Waals surface area contributed by atoms with E-state index in [-0.39, 0.29) is 18.9 Å². The minimum atomic E-state index is -0.768. The van der Waals surface area contributed by atoms with Crippen molar-refractivity contribution in [2.24, 2.45) is 4.99 Å². The summed E-state index contributed by atoms with van der Waals surface area (Å²) in [6, 6.07) is 22.5. The van der Waals surface area contributed by atoms with Crippen molar-refractivity contribution in [1.29, 1.82) is 0 Å². The number of nitrogens with zero attached hydrogens (tertiary/aromatic N) is 2. The zero-order chi connectivity index (χ0) is 28.1. The van der Waals surface area contributed by atoms with Crippen LogP contribution in [0.1, 0.15) is 24.5 Å². The third-order valence-corrected chi connectivity index (χ3v) is 6.81. The average molecular weight is 537 g/mol. The number of hydrogen-bond acceptors (Lipinski definition) is 7. The lowest BCUT2D eigenvalue weighted by atomic mass is 10.0. The first-order chi connectivity index (χ1) is 19.5.